The molecule has 1 aromatic heterocycles. The molecule has 0 atom stereocenters. The van der Waals surface area contributed by atoms with Crippen LogP contribution in [0.3, 0.4) is 0 Å². The molecule has 0 saturated heterocycles. The van der Waals surface area contributed by atoms with Crippen molar-refractivity contribution in [2.75, 3.05) is 7.05 Å². The lowest BCUT2D eigenvalue weighted by Crippen LogP contribution is -2.20. The van der Waals surface area contributed by atoms with Gasteiger partial charge in [-0.2, -0.15) is 0 Å². The number of carbonyl (C=O) groups excluding carboxylic acids is 1. The minimum atomic E-state index is -0.289. The van der Waals surface area contributed by atoms with E-state index in [0.29, 0.717) is 0 Å². The largest absolute Gasteiger partial charge is 0.412 e. The Labute approximate surface area is 68.7 Å². The van der Waals surface area contributed by atoms with Crippen molar-refractivity contribution in [1.29, 1.82) is 0 Å². The summed E-state index contributed by atoms with van der Waals surface area (Å²) < 4.78 is 0. The van der Waals surface area contributed by atoms with Gasteiger partial charge in [0.2, 0.25) is 0 Å². The highest BCUT2D eigenvalue weighted by Crippen LogP contribution is 1.86. The van der Waals surface area contributed by atoms with Crippen molar-refractivity contribution in [1.82, 2.24) is 10.3 Å². The molecule has 66 valence electrons. The molecule has 1 rings (SSSR count). The number of aromatic nitrogens is 1. The van der Waals surface area contributed by atoms with Crippen LogP contribution in [0.5, 0.6) is 0 Å². The fourth-order valence-electron chi connectivity index (χ4n) is 0.711. The lowest BCUT2D eigenvalue weighted by molar-refractivity contribution is 0.0958. The molecule has 5 nitrogen and oxygen atoms in total. The summed E-state index contributed by atoms with van der Waals surface area (Å²) in [5.74, 6) is -0.289. The molecular formula is C7H10N2O3. The van der Waals surface area contributed by atoms with E-state index in [4.69, 9.17) is 0 Å². The van der Waals surface area contributed by atoms with Gasteiger partial charge < -0.3 is 15.8 Å². The fourth-order valence-corrected chi connectivity index (χ4v) is 0.711. The van der Waals surface area contributed by atoms with E-state index in [-0.39, 0.29) is 22.5 Å². The lowest BCUT2D eigenvalue weighted by Gasteiger charge is -1.96. The molecule has 1 aromatic rings. The highest BCUT2D eigenvalue weighted by Gasteiger charge is 2.01. The van der Waals surface area contributed by atoms with E-state index >= 15 is 0 Å². The molecule has 0 unspecified atom stereocenters. The van der Waals surface area contributed by atoms with E-state index in [1.807, 2.05) is 0 Å². The fraction of sp³-hybridized carbons (Fsp3) is 0.143. The molecule has 12 heavy (non-hydrogen) atoms. The van der Waals surface area contributed by atoms with Crippen LogP contribution in [0, 0.1) is 0 Å². The van der Waals surface area contributed by atoms with E-state index < -0.39 is 0 Å². The summed E-state index contributed by atoms with van der Waals surface area (Å²) in [6.45, 7) is 0. The molecule has 0 fully saturated rings. The van der Waals surface area contributed by atoms with Crippen LogP contribution < -0.4 is 10.7 Å². The summed E-state index contributed by atoms with van der Waals surface area (Å²) in [4.78, 5) is 24.2. The van der Waals surface area contributed by atoms with Crippen molar-refractivity contribution in [3.8, 4) is 0 Å². The molecule has 0 aliphatic heterocycles. The topological polar surface area (TPSA) is 93.5 Å². The normalized spacial score (nSPS) is 8.42. The van der Waals surface area contributed by atoms with Crippen molar-refractivity contribution in [2.24, 2.45) is 0 Å². The van der Waals surface area contributed by atoms with Gasteiger partial charge in [-0.05, 0) is 0 Å². The first kappa shape index (κ1) is 10.4. The highest BCUT2D eigenvalue weighted by atomic mass is 16.2. The molecule has 0 spiro atoms. The van der Waals surface area contributed by atoms with Crippen LogP contribution in [0.15, 0.2) is 23.1 Å². The van der Waals surface area contributed by atoms with E-state index in [9.17, 15) is 9.59 Å². The summed E-state index contributed by atoms with van der Waals surface area (Å²) >= 11 is 0. The maximum atomic E-state index is 10.9. The van der Waals surface area contributed by atoms with Crippen LogP contribution in [-0.4, -0.2) is 23.4 Å². The molecule has 5 heteroatoms. The zero-order chi connectivity index (χ0) is 8.27. The van der Waals surface area contributed by atoms with Crippen LogP contribution >= 0.6 is 0 Å². The third kappa shape index (κ3) is 2.21. The Morgan fingerprint density at radius 3 is 2.75 bits per heavy atom. The zero-order valence-corrected chi connectivity index (χ0v) is 6.55. The van der Waals surface area contributed by atoms with Crippen molar-refractivity contribution >= 4 is 5.91 Å². The summed E-state index contributed by atoms with van der Waals surface area (Å²) in [5, 5.41) is 2.40. The summed E-state index contributed by atoms with van der Waals surface area (Å²) in [6, 6.07) is 2.60. The standard InChI is InChI=1S/C7H8N2O2.H2O/c1-8-7(11)6-4-5(10)2-3-9-6;/h2-4H,1H3,(H,8,11)(H,9,10);1H2. The number of nitrogens with one attached hydrogen (secondary N) is 2. The first-order valence-electron chi connectivity index (χ1n) is 3.15. The third-order valence-corrected chi connectivity index (χ3v) is 1.24. The van der Waals surface area contributed by atoms with Gasteiger partial charge in [-0.25, -0.2) is 0 Å². The lowest BCUT2D eigenvalue weighted by atomic mass is 10.3. The van der Waals surface area contributed by atoms with Crippen LogP contribution in [0.1, 0.15) is 10.5 Å². The third-order valence-electron chi connectivity index (χ3n) is 1.24. The predicted octanol–water partition coefficient (Wildman–Crippen LogP) is -1.09. The van der Waals surface area contributed by atoms with Gasteiger partial charge in [-0.15, -0.1) is 0 Å². The zero-order valence-electron chi connectivity index (χ0n) is 6.55. The quantitative estimate of drug-likeness (QED) is 0.560. The molecule has 1 heterocycles. The monoisotopic (exact) mass is 170 g/mol. The molecule has 0 radical (unpaired) electrons. The SMILES string of the molecule is CNC(=O)c1cc(=O)cc[nH]1.O. The van der Waals surface area contributed by atoms with E-state index in [0.717, 1.165) is 0 Å². The van der Waals surface area contributed by atoms with Crippen molar-refractivity contribution in [3.05, 3.63) is 34.2 Å². The first-order chi connectivity index (χ1) is 5.24. The van der Waals surface area contributed by atoms with Gasteiger partial charge in [0.1, 0.15) is 5.69 Å². The summed E-state index contributed by atoms with van der Waals surface area (Å²) in [6.07, 6.45) is 1.44. The Morgan fingerprint density at radius 2 is 2.25 bits per heavy atom. The number of hydrogen-bond donors (Lipinski definition) is 2. The van der Waals surface area contributed by atoms with E-state index in [1.54, 1.807) is 0 Å². The minimum Gasteiger partial charge on any atom is -0.412 e. The molecule has 0 aliphatic carbocycles. The van der Waals surface area contributed by atoms with Gasteiger partial charge in [-0.3, -0.25) is 9.59 Å². The number of aromatic amines is 1. The number of rotatable bonds is 1. The molecule has 0 aromatic carbocycles. The van der Waals surface area contributed by atoms with Crippen molar-refractivity contribution in [3.63, 3.8) is 0 Å². The average Bonchev–Trinajstić information content (AvgIpc) is 2.03. The van der Waals surface area contributed by atoms with Crippen LogP contribution in [0.2, 0.25) is 0 Å². The van der Waals surface area contributed by atoms with Gasteiger partial charge in [-0.1, -0.05) is 0 Å². The second-order valence-electron chi connectivity index (χ2n) is 2.02. The Morgan fingerprint density at radius 1 is 1.58 bits per heavy atom. The Hall–Kier alpha value is -1.62. The van der Waals surface area contributed by atoms with Crippen LogP contribution in [-0.2, 0) is 0 Å². The van der Waals surface area contributed by atoms with Gasteiger partial charge >= 0.3 is 0 Å². The first-order valence-corrected chi connectivity index (χ1v) is 3.15. The Kier molecular flexibility index (Phi) is 3.72. The smallest absolute Gasteiger partial charge is 0.267 e. The number of carbonyl (C=O) groups is 1. The predicted molar refractivity (Wildman–Crippen MR) is 44.1 cm³/mol. The molecular weight excluding hydrogens is 160 g/mol. The maximum Gasteiger partial charge on any atom is 0.267 e. The number of H-pyrrole nitrogens is 1. The van der Waals surface area contributed by atoms with Gasteiger partial charge in [0.25, 0.3) is 5.91 Å². The molecule has 0 bridgehead atoms. The van der Waals surface area contributed by atoms with Gasteiger partial charge in [0, 0.05) is 25.4 Å². The second-order valence-corrected chi connectivity index (χ2v) is 2.02. The molecule has 0 aliphatic rings. The minimum absolute atomic E-state index is 0. The van der Waals surface area contributed by atoms with Crippen LogP contribution in [0.25, 0.3) is 0 Å². The highest BCUT2D eigenvalue weighted by molar-refractivity contribution is 5.91. The molecule has 1 amide bonds. The van der Waals surface area contributed by atoms with E-state index in [2.05, 4.69) is 10.3 Å². The Balaban J connectivity index is 0.00000121. The second kappa shape index (κ2) is 4.30. The summed E-state index contributed by atoms with van der Waals surface area (Å²) in [5.41, 5.74) is 0.0994. The Bertz CT molecular complexity index is 318. The average molecular weight is 170 g/mol. The van der Waals surface area contributed by atoms with Gasteiger partial charge in [0.15, 0.2) is 5.43 Å². The molecule has 4 N–H and O–H groups in total. The van der Waals surface area contributed by atoms with Crippen molar-refractivity contribution in [2.45, 2.75) is 0 Å². The molecule has 0 saturated carbocycles. The number of amides is 1. The van der Waals surface area contributed by atoms with Gasteiger partial charge in [0.05, 0.1) is 0 Å². The van der Waals surface area contributed by atoms with E-state index in [1.165, 1.54) is 25.4 Å². The van der Waals surface area contributed by atoms with Crippen LogP contribution in [0.4, 0.5) is 0 Å². The number of hydrogen-bond acceptors (Lipinski definition) is 2. The maximum absolute atomic E-state index is 10.9. The van der Waals surface area contributed by atoms with Crippen molar-refractivity contribution < 1.29 is 10.3 Å². The number of pyridine rings is 1. The summed E-state index contributed by atoms with van der Waals surface area (Å²) in [7, 11) is 1.51.